The molecule has 0 spiro atoms. The maximum atomic E-state index is 12.3. The number of hydrogen-bond donors (Lipinski definition) is 2. The summed E-state index contributed by atoms with van der Waals surface area (Å²) in [6.07, 6.45) is -4.50. The first-order valence-electron chi connectivity index (χ1n) is 7.52. The van der Waals surface area contributed by atoms with Crippen molar-refractivity contribution in [2.24, 2.45) is 0 Å². The normalized spacial score (nSPS) is 11.3. The number of carbonyl (C=O) groups is 2. The first-order chi connectivity index (χ1) is 12.1. The van der Waals surface area contributed by atoms with Crippen LogP contribution < -0.4 is 10.6 Å². The van der Waals surface area contributed by atoms with Crippen molar-refractivity contribution in [2.75, 3.05) is 13.1 Å². The van der Waals surface area contributed by atoms with Crippen LogP contribution in [0.4, 0.5) is 13.2 Å². The molecule has 0 radical (unpaired) electrons. The maximum absolute atomic E-state index is 12.3. The number of benzene rings is 1. The van der Waals surface area contributed by atoms with Gasteiger partial charge in [-0.2, -0.15) is 18.3 Å². The Hall–Kier alpha value is -2.36. The molecule has 1 heterocycles. The van der Waals surface area contributed by atoms with Crippen LogP contribution in [0, 0.1) is 13.8 Å². The highest BCUT2D eigenvalue weighted by Crippen LogP contribution is 2.19. The third-order valence-corrected chi connectivity index (χ3v) is 4.01. The zero-order valence-corrected chi connectivity index (χ0v) is 15.5. The average molecular weight is 433 g/mol. The zero-order valence-electron chi connectivity index (χ0n) is 13.9. The molecule has 0 aliphatic rings. The Labute approximate surface area is 155 Å². The predicted molar refractivity (Wildman–Crippen MR) is 92.1 cm³/mol. The lowest BCUT2D eigenvalue weighted by Gasteiger charge is -2.09. The van der Waals surface area contributed by atoms with Gasteiger partial charge in [0.25, 0.3) is 5.91 Å². The van der Waals surface area contributed by atoms with Crippen molar-refractivity contribution in [3.05, 3.63) is 45.7 Å². The minimum absolute atomic E-state index is 0.275. The van der Waals surface area contributed by atoms with Crippen LogP contribution in [-0.2, 0) is 4.79 Å². The van der Waals surface area contributed by atoms with E-state index in [-0.39, 0.29) is 5.56 Å². The smallest absolute Gasteiger partial charge is 0.345 e. The summed E-state index contributed by atoms with van der Waals surface area (Å²) in [5.41, 5.74) is 2.02. The Kier molecular flexibility index (Phi) is 6.06. The van der Waals surface area contributed by atoms with Gasteiger partial charge in [-0.3, -0.25) is 9.59 Å². The molecule has 0 unspecified atom stereocenters. The number of carbonyl (C=O) groups excluding carboxylic acids is 2. The topological polar surface area (TPSA) is 76.0 Å². The number of aromatic nitrogens is 2. The fourth-order valence-corrected chi connectivity index (χ4v) is 2.58. The van der Waals surface area contributed by atoms with E-state index in [1.165, 1.54) is 0 Å². The molecule has 1 aromatic carbocycles. The van der Waals surface area contributed by atoms with Crippen molar-refractivity contribution < 1.29 is 22.8 Å². The summed E-state index contributed by atoms with van der Waals surface area (Å²) in [6, 6.07) is 7.29. The van der Waals surface area contributed by atoms with Gasteiger partial charge in [0.1, 0.15) is 6.54 Å². The Balaban J connectivity index is 2.08. The fourth-order valence-electron chi connectivity index (χ4n) is 2.32. The van der Waals surface area contributed by atoms with Gasteiger partial charge in [0.15, 0.2) is 0 Å². The van der Waals surface area contributed by atoms with E-state index in [1.54, 1.807) is 23.8 Å². The van der Waals surface area contributed by atoms with Gasteiger partial charge >= 0.3 is 6.18 Å². The molecule has 0 atom stereocenters. The molecule has 0 bridgehead atoms. The molecule has 10 heteroatoms. The van der Waals surface area contributed by atoms with E-state index in [4.69, 9.17) is 0 Å². The van der Waals surface area contributed by atoms with Crippen LogP contribution in [0.15, 0.2) is 28.7 Å². The Bertz CT molecular complexity index is 816. The first kappa shape index (κ1) is 20.0. The number of nitrogens with one attached hydrogen (secondary N) is 2. The van der Waals surface area contributed by atoms with Gasteiger partial charge in [0.2, 0.25) is 5.91 Å². The molecule has 0 aliphatic carbocycles. The van der Waals surface area contributed by atoms with Gasteiger partial charge in [-0.15, -0.1) is 0 Å². The van der Waals surface area contributed by atoms with E-state index in [9.17, 15) is 22.8 Å². The second-order valence-electron chi connectivity index (χ2n) is 5.51. The molecule has 26 heavy (non-hydrogen) atoms. The van der Waals surface area contributed by atoms with Gasteiger partial charge in [-0.05, 0) is 38.1 Å². The number of rotatable bonds is 5. The molecule has 1 aromatic heterocycles. The molecule has 6 nitrogen and oxygen atoms in total. The van der Waals surface area contributed by atoms with Crippen molar-refractivity contribution in [3.63, 3.8) is 0 Å². The van der Waals surface area contributed by atoms with Crippen molar-refractivity contribution in [2.45, 2.75) is 20.0 Å². The first-order valence-corrected chi connectivity index (χ1v) is 8.31. The van der Waals surface area contributed by atoms with Crippen molar-refractivity contribution in [3.8, 4) is 5.69 Å². The molecule has 2 aromatic rings. The van der Waals surface area contributed by atoms with Crippen LogP contribution in [0.3, 0.4) is 0 Å². The van der Waals surface area contributed by atoms with E-state index >= 15 is 0 Å². The fraction of sp³-hybridized carbons (Fsp3) is 0.312. The molecule has 0 fully saturated rings. The monoisotopic (exact) mass is 432 g/mol. The summed E-state index contributed by atoms with van der Waals surface area (Å²) in [7, 11) is 0. The summed E-state index contributed by atoms with van der Waals surface area (Å²) in [5.74, 6) is -1.50. The lowest BCUT2D eigenvalue weighted by molar-refractivity contribution is -0.137. The molecule has 140 valence electrons. The van der Waals surface area contributed by atoms with Gasteiger partial charge < -0.3 is 10.6 Å². The zero-order chi connectivity index (χ0) is 19.5. The van der Waals surface area contributed by atoms with E-state index in [1.807, 2.05) is 24.3 Å². The number of halogens is 4. The Morgan fingerprint density at radius 1 is 1.15 bits per heavy atom. The number of nitrogens with zero attached hydrogens (tertiary/aromatic N) is 2. The van der Waals surface area contributed by atoms with Crippen LogP contribution in [0.25, 0.3) is 5.69 Å². The Morgan fingerprint density at radius 3 is 2.35 bits per heavy atom. The van der Waals surface area contributed by atoms with Crippen LogP contribution in [-0.4, -0.2) is 40.9 Å². The number of aryl methyl sites for hydroxylation is 1. The van der Waals surface area contributed by atoms with Crippen LogP contribution >= 0.6 is 15.9 Å². The summed E-state index contributed by atoms with van der Waals surface area (Å²) < 4.78 is 38.7. The largest absolute Gasteiger partial charge is 0.405 e. The van der Waals surface area contributed by atoms with Crippen molar-refractivity contribution in [1.82, 2.24) is 20.4 Å². The predicted octanol–water partition coefficient (Wildman–Crippen LogP) is 2.66. The Morgan fingerprint density at radius 2 is 1.77 bits per heavy atom. The van der Waals surface area contributed by atoms with E-state index in [2.05, 4.69) is 26.3 Å². The number of hydrogen-bond acceptors (Lipinski definition) is 3. The third-order valence-electron chi connectivity index (χ3n) is 3.49. The van der Waals surface area contributed by atoms with Crippen molar-refractivity contribution >= 4 is 27.7 Å². The van der Waals surface area contributed by atoms with Crippen LogP contribution in [0.1, 0.15) is 21.7 Å². The second kappa shape index (κ2) is 7.90. The molecular formula is C16H16BrF3N4O2. The van der Waals surface area contributed by atoms with Gasteiger partial charge in [-0.25, -0.2) is 4.68 Å². The molecule has 0 saturated carbocycles. The highest BCUT2D eigenvalue weighted by molar-refractivity contribution is 9.10. The SMILES string of the molecule is Cc1nn(-c2ccc(Br)cc2)c(C)c1C(=O)NCC(=O)NCC(F)(F)F. The minimum atomic E-state index is -4.50. The molecule has 0 saturated heterocycles. The number of alkyl halides is 3. The molecular weight excluding hydrogens is 417 g/mol. The third kappa shape index (κ3) is 5.07. The molecule has 2 N–H and O–H groups in total. The minimum Gasteiger partial charge on any atom is -0.345 e. The highest BCUT2D eigenvalue weighted by atomic mass is 79.9. The van der Waals surface area contributed by atoms with Gasteiger partial charge in [-0.1, -0.05) is 15.9 Å². The summed E-state index contributed by atoms with van der Waals surface area (Å²) in [5, 5.41) is 8.32. The summed E-state index contributed by atoms with van der Waals surface area (Å²) >= 11 is 3.34. The van der Waals surface area contributed by atoms with E-state index in [0.717, 1.165) is 10.2 Å². The second-order valence-corrected chi connectivity index (χ2v) is 6.42. The van der Waals surface area contributed by atoms with Crippen LogP contribution in [0.2, 0.25) is 0 Å². The van der Waals surface area contributed by atoms with Crippen molar-refractivity contribution in [1.29, 1.82) is 0 Å². The average Bonchev–Trinajstić information content (AvgIpc) is 2.85. The standard InChI is InChI=1S/C16H16BrF3N4O2/c1-9-14(15(26)21-7-13(25)22-8-16(18,19)20)10(2)24(23-9)12-5-3-11(17)4-6-12/h3-6H,7-8H2,1-2H3,(H,21,26)(H,22,25). The quantitative estimate of drug-likeness (QED) is 0.762. The lowest BCUT2D eigenvalue weighted by Crippen LogP contribution is -2.41. The number of amides is 2. The van der Waals surface area contributed by atoms with Gasteiger partial charge in [0, 0.05) is 4.47 Å². The van der Waals surface area contributed by atoms with Gasteiger partial charge in [0.05, 0.1) is 29.2 Å². The maximum Gasteiger partial charge on any atom is 0.405 e. The van der Waals surface area contributed by atoms with E-state index in [0.29, 0.717) is 11.4 Å². The molecule has 0 aliphatic heterocycles. The molecule has 2 rings (SSSR count). The summed E-state index contributed by atoms with van der Waals surface area (Å²) in [4.78, 5) is 23.7. The van der Waals surface area contributed by atoms with E-state index < -0.39 is 31.1 Å². The molecule has 2 amide bonds. The highest BCUT2D eigenvalue weighted by Gasteiger charge is 2.28. The summed E-state index contributed by atoms with van der Waals surface area (Å²) in [6.45, 7) is 1.33. The lowest BCUT2D eigenvalue weighted by atomic mass is 10.2. The van der Waals surface area contributed by atoms with Crippen LogP contribution in [0.5, 0.6) is 0 Å².